The molecule has 0 fully saturated rings. The van der Waals surface area contributed by atoms with Gasteiger partial charge in [0.05, 0.1) is 6.42 Å². The van der Waals surface area contributed by atoms with Crippen LogP contribution >= 0.6 is 0 Å². The number of allylic oxidation sites excluding steroid dienone is 21. The minimum Gasteiger partial charge on any atom is -0.462 e. The first-order valence-electron chi connectivity index (χ1n) is 33.2. The summed E-state index contributed by atoms with van der Waals surface area (Å²) in [6.45, 7) is 6.34. The second-order valence-corrected chi connectivity index (χ2v) is 21.6. The number of carbonyl (C=O) groups is 3. The summed E-state index contributed by atoms with van der Waals surface area (Å²) in [7, 11) is 0. The largest absolute Gasteiger partial charge is 0.462 e. The van der Waals surface area contributed by atoms with Crippen molar-refractivity contribution in [3.63, 3.8) is 0 Å². The van der Waals surface area contributed by atoms with Crippen molar-refractivity contribution in [1.82, 2.24) is 0 Å². The van der Waals surface area contributed by atoms with E-state index in [2.05, 4.69) is 142 Å². The van der Waals surface area contributed by atoms with Gasteiger partial charge in [0.25, 0.3) is 0 Å². The predicted molar refractivity (Wildman–Crippen MR) is 348 cm³/mol. The molecule has 0 N–H and O–H groups in total. The van der Waals surface area contributed by atoms with Gasteiger partial charge in [0.2, 0.25) is 0 Å². The summed E-state index contributed by atoms with van der Waals surface area (Å²) in [6, 6.07) is 0. The Kier molecular flexibility index (Phi) is 63.3. The Morgan fingerprint density at radius 1 is 0.275 bits per heavy atom. The van der Waals surface area contributed by atoms with Crippen LogP contribution in [0.5, 0.6) is 0 Å². The smallest absolute Gasteiger partial charge is 0.310 e. The third kappa shape index (κ3) is 64.4. The van der Waals surface area contributed by atoms with Crippen molar-refractivity contribution in [2.75, 3.05) is 13.2 Å². The predicted octanol–water partition coefficient (Wildman–Crippen LogP) is 22.9. The summed E-state index contributed by atoms with van der Waals surface area (Å²) in [5.74, 6) is -1.04. The molecular formula is C74H122O6. The van der Waals surface area contributed by atoms with E-state index in [1.807, 2.05) is 6.08 Å². The molecule has 0 aliphatic heterocycles. The van der Waals surface area contributed by atoms with E-state index < -0.39 is 12.1 Å². The molecule has 0 aromatic carbocycles. The Labute approximate surface area is 494 Å². The molecule has 6 nitrogen and oxygen atoms in total. The number of unbranched alkanes of at least 4 members (excludes halogenated alkanes) is 27. The first-order valence-corrected chi connectivity index (χ1v) is 33.2. The third-order valence-corrected chi connectivity index (χ3v) is 13.9. The molecule has 0 aliphatic carbocycles. The molecule has 1 unspecified atom stereocenters. The quantitative estimate of drug-likeness (QED) is 0.0261. The van der Waals surface area contributed by atoms with E-state index in [1.54, 1.807) is 6.08 Å². The minimum atomic E-state index is -0.833. The molecule has 0 saturated carbocycles. The highest BCUT2D eigenvalue weighted by Crippen LogP contribution is 2.16. The first-order chi connectivity index (χ1) is 39.5. The van der Waals surface area contributed by atoms with Gasteiger partial charge in [-0.15, -0.1) is 0 Å². The minimum absolute atomic E-state index is 0.0961. The van der Waals surface area contributed by atoms with E-state index in [-0.39, 0.29) is 31.6 Å². The van der Waals surface area contributed by atoms with Gasteiger partial charge in [-0.3, -0.25) is 14.4 Å². The van der Waals surface area contributed by atoms with E-state index in [0.717, 1.165) is 109 Å². The lowest BCUT2D eigenvalue weighted by Gasteiger charge is -2.18. The molecular weight excluding hydrogens is 985 g/mol. The van der Waals surface area contributed by atoms with Crippen molar-refractivity contribution < 1.29 is 28.6 Å². The van der Waals surface area contributed by atoms with Gasteiger partial charge in [0, 0.05) is 12.8 Å². The molecule has 0 saturated heterocycles. The van der Waals surface area contributed by atoms with E-state index in [1.165, 1.54) is 148 Å². The zero-order chi connectivity index (χ0) is 57.8. The lowest BCUT2D eigenvalue weighted by atomic mass is 10.0. The molecule has 0 radical (unpaired) electrons. The fourth-order valence-electron chi connectivity index (χ4n) is 9.05. The van der Waals surface area contributed by atoms with Crippen molar-refractivity contribution in [1.29, 1.82) is 0 Å². The Hall–Kier alpha value is -4.45. The van der Waals surface area contributed by atoms with E-state index in [9.17, 15) is 14.4 Å². The van der Waals surface area contributed by atoms with Gasteiger partial charge < -0.3 is 14.2 Å². The van der Waals surface area contributed by atoms with Gasteiger partial charge in [-0.25, -0.2) is 0 Å². The standard InChI is InChI=1S/C74H122O6/c1-4-7-10-13-16-19-22-25-27-28-29-30-31-32-33-34-35-36-37-38-39-40-41-42-43-44-45-46-48-49-52-55-58-61-64-67-73(76)79-70-71(69-78-72(75)66-63-60-57-54-51-24-21-18-15-12-9-6-3)80-74(77)68-65-62-59-56-53-50-47-26-23-20-17-14-11-8-5-2/h7-8,10-11,16-17,19-20,25-27,29-30,32-33,35-36,47,53,56,62,65,71H,4-6,9,12-15,18,21-24,28,31,34,37-46,48-52,54-55,57-61,63-64,66-70H2,1-3H3/b10-7-,11-8-,19-16-,20-17-,27-25-,30-29-,33-32-,36-35-,47-26-,56-53-,65-62-. The topological polar surface area (TPSA) is 78.9 Å². The molecule has 0 amide bonds. The number of ether oxygens (including phenoxy) is 3. The van der Waals surface area contributed by atoms with Crippen LogP contribution < -0.4 is 0 Å². The Bertz CT molecular complexity index is 1700. The number of esters is 3. The molecule has 0 bridgehead atoms. The zero-order valence-electron chi connectivity index (χ0n) is 52.0. The van der Waals surface area contributed by atoms with Crippen molar-refractivity contribution in [3.05, 3.63) is 134 Å². The van der Waals surface area contributed by atoms with Gasteiger partial charge in [0.15, 0.2) is 6.10 Å². The second kappa shape index (κ2) is 67.1. The monoisotopic (exact) mass is 1110 g/mol. The van der Waals surface area contributed by atoms with E-state index in [0.29, 0.717) is 12.8 Å². The van der Waals surface area contributed by atoms with Crippen LogP contribution in [-0.2, 0) is 28.6 Å². The average molecular weight is 1110 g/mol. The van der Waals surface area contributed by atoms with E-state index in [4.69, 9.17) is 14.2 Å². The van der Waals surface area contributed by atoms with Crippen LogP contribution in [0.4, 0.5) is 0 Å². The van der Waals surface area contributed by atoms with Crippen LogP contribution in [0.15, 0.2) is 134 Å². The van der Waals surface area contributed by atoms with Crippen molar-refractivity contribution in [3.8, 4) is 0 Å². The molecule has 0 heterocycles. The lowest BCUT2D eigenvalue weighted by Crippen LogP contribution is -2.30. The molecule has 0 spiro atoms. The SMILES string of the molecule is CC/C=C\C/C=C\C/C=C\C/C=C\C/C=C\C/C=C\CCCCCCCCCCCCCCCCCCC(=O)OCC(COC(=O)CCCCCCCCCCCCCC)OC(=O)C/C=C\C/C=C\C/C=C\C/C=C\C/C=C\CC. The number of carbonyl (C=O) groups excluding carboxylic acids is 3. The maximum absolute atomic E-state index is 12.8. The van der Waals surface area contributed by atoms with E-state index >= 15 is 0 Å². The molecule has 1 atom stereocenters. The molecule has 0 aromatic heterocycles. The first kappa shape index (κ1) is 75.5. The Morgan fingerprint density at radius 3 is 0.825 bits per heavy atom. The highest BCUT2D eigenvalue weighted by molar-refractivity contribution is 5.72. The maximum Gasteiger partial charge on any atom is 0.310 e. The van der Waals surface area contributed by atoms with Gasteiger partial charge in [-0.05, 0) is 96.3 Å². The molecule has 454 valence electrons. The van der Waals surface area contributed by atoms with Crippen molar-refractivity contribution in [2.45, 2.75) is 303 Å². The lowest BCUT2D eigenvalue weighted by molar-refractivity contribution is -0.166. The summed E-state index contributed by atoms with van der Waals surface area (Å²) in [5.41, 5.74) is 0. The summed E-state index contributed by atoms with van der Waals surface area (Å²) >= 11 is 0. The zero-order valence-corrected chi connectivity index (χ0v) is 52.0. The highest BCUT2D eigenvalue weighted by atomic mass is 16.6. The summed E-state index contributed by atoms with van der Waals surface area (Å²) < 4.78 is 16.8. The van der Waals surface area contributed by atoms with Crippen LogP contribution in [0.2, 0.25) is 0 Å². The van der Waals surface area contributed by atoms with Crippen LogP contribution in [-0.4, -0.2) is 37.2 Å². The maximum atomic E-state index is 12.8. The molecule has 6 heteroatoms. The molecule has 0 rings (SSSR count). The van der Waals surface area contributed by atoms with Crippen LogP contribution in [0.1, 0.15) is 297 Å². The summed E-state index contributed by atoms with van der Waals surface area (Å²) in [5, 5.41) is 0. The van der Waals surface area contributed by atoms with Gasteiger partial charge >= 0.3 is 17.9 Å². The number of hydrogen-bond acceptors (Lipinski definition) is 6. The Balaban J connectivity index is 4.19. The summed E-state index contributed by atoms with van der Waals surface area (Å²) in [6.07, 6.45) is 95.1. The van der Waals surface area contributed by atoms with Crippen molar-refractivity contribution >= 4 is 17.9 Å². The van der Waals surface area contributed by atoms with Crippen molar-refractivity contribution in [2.24, 2.45) is 0 Å². The second-order valence-electron chi connectivity index (χ2n) is 21.6. The van der Waals surface area contributed by atoms with Gasteiger partial charge in [-0.1, -0.05) is 315 Å². The van der Waals surface area contributed by atoms with Gasteiger partial charge in [-0.2, -0.15) is 0 Å². The average Bonchev–Trinajstić information content (AvgIpc) is 3.46. The van der Waals surface area contributed by atoms with Gasteiger partial charge in [0.1, 0.15) is 13.2 Å². The normalized spacial score (nSPS) is 13.0. The number of rotatable bonds is 59. The fraction of sp³-hybridized carbons (Fsp3) is 0.662. The molecule has 0 aromatic rings. The Morgan fingerprint density at radius 2 is 0.525 bits per heavy atom. The fourth-order valence-corrected chi connectivity index (χ4v) is 9.05. The summed E-state index contributed by atoms with van der Waals surface area (Å²) in [4.78, 5) is 38.2. The van der Waals surface area contributed by atoms with Crippen LogP contribution in [0, 0.1) is 0 Å². The van der Waals surface area contributed by atoms with Crippen LogP contribution in [0.3, 0.4) is 0 Å². The van der Waals surface area contributed by atoms with Crippen LogP contribution in [0.25, 0.3) is 0 Å². The highest BCUT2D eigenvalue weighted by Gasteiger charge is 2.19. The number of hydrogen-bond donors (Lipinski definition) is 0. The molecule has 80 heavy (non-hydrogen) atoms. The third-order valence-electron chi connectivity index (χ3n) is 13.9. The molecule has 0 aliphatic rings.